The van der Waals surface area contributed by atoms with E-state index in [1.807, 2.05) is 0 Å². The molecule has 1 aliphatic rings. The van der Waals surface area contributed by atoms with E-state index in [-0.39, 0.29) is 5.82 Å². The highest BCUT2D eigenvalue weighted by molar-refractivity contribution is 5.29. The van der Waals surface area contributed by atoms with Gasteiger partial charge in [-0.25, -0.2) is 4.39 Å². The quantitative estimate of drug-likeness (QED) is 0.702. The van der Waals surface area contributed by atoms with Gasteiger partial charge in [0.25, 0.3) is 0 Å². The van der Waals surface area contributed by atoms with Crippen LogP contribution in [0.3, 0.4) is 0 Å². The molecule has 2 rings (SSSR count). The first-order valence-electron chi connectivity index (χ1n) is 4.24. The van der Waals surface area contributed by atoms with Crippen molar-refractivity contribution in [3.63, 3.8) is 0 Å². The average molecular weight is 182 g/mol. The summed E-state index contributed by atoms with van der Waals surface area (Å²) in [6.45, 7) is 2.00. The second kappa shape index (κ2) is 2.79. The third-order valence-corrected chi connectivity index (χ3v) is 2.46. The fourth-order valence-electron chi connectivity index (χ4n) is 1.50. The summed E-state index contributed by atoms with van der Waals surface area (Å²) in [7, 11) is 0. The Morgan fingerprint density at radius 1 is 1.54 bits per heavy atom. The molecule has 0 aromatic heterocycles. The Balaban J connectivity index is 2.41. The SMILES string of the molecule is C[C@@H](O)[C@@]1(c2ccccc2F)CO1. The first-order valence-corrected chi connectivity index (χ1v) is 4.24. The Kier molecular flexibility index (Phi) is 1.86. The van der Waals surface area contributed by atoms with E-state index in [2.05, 4.69) is 0 Å². The van der Waals surface area contributed by atoms with Crippen molar-refractivity contribution in [1.82, 2.24) is 0 Å². The second-order valence-electron chi connectivity index (χ2n) is 3.33. The Hall–Kier alpha value is -0.930. The maximum Gasteiger partial charge on any atom is 0.145 e. The molecule has 70 valence electrons. The highest BCUT2D eigenvalue weighted by Crippen LogP contribution is 2.42. The zero-order valence-corrected chi connectivity index (χ0v) is 7.33. The van der Waals surface area contributed by atoms with E-state index in [4.69, 9.17) is 4.74 Å². The van der Waals surface area contributed by atoms with Crippen LogP contribution in [-0.2, 0) is 10.3 Å². The third-order valence-electron chi connectivity index (χ3n) is 2.46. The van der Waals surface area contributed by atoms with Gasteiger partial charge in [-0.1, -0.05) is 18.2 Å². The fraction of sp³-hybridized carbons (Fsp3) is 0.400. The van der Waals surface area contributed by atoms with Gasteiger partial charge in [0.05, 0.1) is 12.7 Å². The predicted octanol–water partition coefficient (Wildman–Crippen LogP) is 1.43. The summed E-state index contributed by atoms with van der Waals surface area (Å²) in [5.74, 6) is -0.319. The van der Waals surface area contributed by atoms with Crippen LogP contribution in [0.5, 0.6) is 0 Å². The zero-order valence-electron chi connectivity index (χ0n) is 7.33. The van der Waals surface area contributed by atoms with Gasteiger partial charge in [-0.15, -0.1) is 0 Å². The third kappa shape index (κ3) is 1.24. The standard InChI is InChI=1S/C10H11FO2/c1-7(12)10(6-13-10)8-4-2-3-5-9(8)11/h2-5,7,12H,6H2,1H3/t7-,10-/m1/s1. The fourth-order valence-corrected chi connectivity index (χ4v) is 1.50. The van der Waals surface area contributed by atoms with E-state index in [9.17, 15) is 9.50 Å². The number of aliphatic hydroxyl groups is 1. The molecule has 0 spiro atoms. The number of rotatable bonds is 2. The van der Waals surface area contributed by atoms with Gasteiger partial charge in [0.2, 0.25) is 0 Å². The van der Waals surface area contributed by atoms with Gasteiger partial charge in [0, 0.05) is 5.56 Å². The van der Waals surface area contributed by atoms with E-state index in [1.165, 1.54) is 6.07 Å². The average Bonchev–Trinajstić information content (AvgIpc) is 2.85. The highest BCUT2D eigenvalue weighted by atomic mass is 19.1. The lowest BCUT2D eigenvalue weighted by Gasteiger charge is -2.15. The first-order chi connectivity index (χ1) is 6.17. The summed E-state index contributed by atoms with van der Waals surface area (Å²) < 4.78 is 18.4. The minimum Gasteiger partial charge on any atom is -0.390 e. The molecular formula is C10H11FO2. The first kappa shape index (κ1) is 8.66. The van der Waals surface area contributed by atoms with Gasteiger partial charge in [0.15, 0.2) is 0 Å². The molecule has 0 bridgehead atoms. The van der Waals surface area contributed by atoms with Gasteiger partial charge < -0.3 is 9.84 Å². The summed E-state index contributed by atoms with van der Waals surface area (Å²) in [5, 5.41) is 9.43. The zero-order chi connectivity index (χ0) is 9.47. The minimum atomic E-state index is -0.786. The number of hydrogen-bond donors (Lipinski definition) is 1. The molecule has 0 aliphatic carbocycles. The number of epoxide rings is 1. The van der Waals surface area contributed by atoms with Crippen LogP contribution in [0.4, 0.5) is 4.39 Å². The lowest BCUT2D eigenvalue weighted by atomic mass is 9.94. The monoisotopic (exact) mass is 182 g/mol. The van der Waals surface area contributed by atoms with Crippen LogP contribution < -0.4 is 0 Å². The summed E-state index contributed by atoms with van der Waals surface area (Å²) >= 11 is 0. The molecule has 2 atom stereocenters. The van der Waals surface area contributed by atoms with Crippen LogP contribution in [0, 0.1) is 5.82 Å². The molecule has 0 saturated carbocycles. The maximum atomic E-state index is 13.3. The Bertz CT molecular complexity index is 318. The molecule has 1 saturated heterocycles. The van der Waals surface area contributed by atoms with Crippen molar-refractivity contribution in [3.8, 4) is 0 Å². The molecule has 0 amide bonds. The Labute approximate surface area is 76.0 Å². The Morgan fingerprint density at radius 3 is 2.62 bits per heavy atom. The smallest absolute Gasteiger partial charge is 0.145 e. The number of halogens is 1. The minimum absolute atomic E-state index is 0.319. The van der Waals surface area contributed by atoms with Crippen molar-refractivity contribution >= 4 is 0 Å². The number of ether oxygens (including phenoxy) is 1. The topological polar surface area (TPSA) is 32.8 Å². The summed E-state index contributed by atoms with van der Waals surface area (Å²) in [6.07, 6.45) is -0.676. The lowest BCUT2D eigenvalue weighted by molar-refractivity contribution is 0.0863. The Morgan fingerprint density at radius 2 is 2.15 bits per heavy atom. The molecule has 1 aromatic carbocycles. The van der Waals surface area contributed by atoms with Crippen molar-refractivity contribution in [2.24, 2.45) is 0 Å². The van der Waals surface area contributed by atoms with Crippen molar-refractivity contribution < 1.29 is 14.2 Å². The van der Waals surface area contributed by atoms with Gasteiger partial charge in [-0.3, -0.25) is 0 Å². The van der Waals surface area contributed by atoms with Crippen molar-refractivity contribution in [2.75, 3.05) is 6.61 Å². The molecule has 0 radical (unpaired) electrons. The van der Waals surface area contributed by atoms with Crippen molar-refractivity contribution in [3.05, 3.63) is 35.6 Å². The molecule has 1 fully saturated rings. The summed E-state index contributed by atoms with van der Waals surface area (Å²) in [6, 6.07) is 6.39. The maximum absolute atomic E-state index is 13.3. The number of hydrogen-bond acceptors (Lipinski definition) is 2. The van der Waals surface area contributed by atoms with Crippen LogP contribution in [0.1, 0.15) is 12.5 Å². The number of benzene rings is 1. The van der Waals surface area contributed by atoms with Crippen molar-refractivity contribution in [1.29, 1.82) is 0 Å². The van der Waals surface area contributed by atoms with Gasteiger partial charge >= 0.3 is 0 Å². The van der Waals surface area contributed by atoms with Crippen LogP contribution in [0.2, 0.25) is 0 Å². The van der Waals surface area contributed by atoms with Crippen LogP contribution >= 0.6 is 0 Å². The van der Waals surface area contributed by atoms with E-state index in [0.29, 0.717) is 12.2 Å². The molecule has 0 unspecified atom stereocenters. The van der Waals surface area contributed by atoms with Crippen LogP contribution in [0.15, 0.2) is 24.3 Å². The van der Waals surface area contributed by atoms with Gasteiger partial charge in [0.1, 0.15) is 11.4 Å². The summed E-state index contributed by atoms with van der Waals surface area (Å²) in [5.41, 5.74) is -0.337. The van der Waals surface area contributed by atoms with E-state index < -0.39 is 11.7 Å². The molecule has 1 heterocycles. The van der Waals surface area contributed by atoms with Crippen LogP contribution in [0.25, 0.3) is 0 Å². The molecular weight excluding hydrogens is 171 g/mol. The largest absolute Gasteiger partial charge is 0.390 e. The molecule has 1 aromatic rings. The van der Waals surface area contributed by atoms with Gasteiger partial charge in [-0.2, -0.15) is 0 Å². The highest BCUT2D eigenvalue weighted by Gasteiger charge is 2.52. The second-order valence-corrected chi connectivity index (χ2v) is 3.33. The van der Waals surface area contributed by atoms with Crippen LogP contribution in [-0.4, -0.2) is 17.8 Å². The molecule has 1 aliphatic heterocycles. The molecule has 3 heteroatoms. The molecule has 1 N–H and O–H groups in total. The van der Waals surface area contributed by atoms with E-state index in [0.717, 1.165) is 0 Å². The molecule has 2 nitrogen and oxygen atoms in total. The normalized spacial score (nSPS) is 28.5. The predicted molar refractivity (Wildman–Crippen MR) is 45.7 cm³/mol. The van der Waals surface area contributed by atoms with E-state index in [1.54, 1.807) is 25.1 Å². The number of aliphatic hydroxyl groups excluding tert-OH is 1. The van der Waals surface area contributed by atoms with Gasteiger partial charge in [-0.05, 0) is 13.0 Å². The molecule has 13 heavy (non-hydrogen) atoms. The van der Waals surface area contributed by atoms with Crippen molar-refractivity contribution in [2.45, 2.75) is 18.6 Å². The lowest BCUT2D eigenvalue weighted by Crippen LogP contribution is -2.25. The summed E-state index contributed by atoms with van der Waals surface area (Å²) in [4.78, 5) is 0. The van der Waals surface area contributed by atoms with E-state index >= 15 is 0 Å².